The van der Waals surface area contributed by atoms with E-state index in [1.165, 1.54) is 0 Å². The van der Waals surface area contributed by atoms with Crippen LogP contribution >= 0.6 is 0 Å². The van der Waals surface area contributed by atoms with Gasteiger partial charge in [0, 0.05) is 6.42 Å². The van der Waals surface area contributed by atoms with Crippen molar-refractivity contribution in [3.8, 4) is 29.7 Å². The molecule has 5 unspecified atom stereocenters. The first-order chi connectivity index (χ1) is 15.9. The number of para-hydroxylation sites is 1. The highest BCUT2D eigenvalue weighted by Crippen LogP contribution is 2.70. The van der Waals surface area contributed by atoms with Crippen LogP contribution in [0.3, 0.4) is 0 Å². The smallest absolute Gasteiger partial charge is 0.217 e. The van der Waals surface area contributed by atoms with Crippen LogP contribution in [0, 0.1) is 62.1 Å². The van der Waals surface area contributed by atoms with Crippen molar-refractivity contribution in [2.75, 3.05) is 0 Å². The molecule has 0 aromatic heterocycles. The monoisotopic (exact) mass is 438 g/mol. The third-order valence-electron chi connectivity index (χ3n) is 7.31. The van der Waals surface area contributed by atoms with Crippen LogP contribution in [-0.2, 0) is 9.47 Å². The Hall–Kier alpha value is -3.86. The van der Waals surface area contributed by atoms with E-state index in [0.29, 0.717) is 29.9 Å². The van der Waals surface area contributed by atoms with Gasteiger partial charge < -0.3 is 14.2 Å². The van der Waals surface area contributed by atoms with Crippen LogP contribution < -0.4 is 4.74 Å². The number of hydrogen-bond acceptors (Lipinski definition) is 7. The van der Waals surface area contributed by atoms with Crippen molar-refractivity contribution >= 4 is 5.90 Å². The number of hydrogen-bond donors (Lipinski definition) is 1. The normalized spacial score (nSPS) is 33.5. The SMILES string of the molecule is CC1CCC23OC(=N)C(C#N)(C2C1)C(C#N)(C#N)C(c1cccc(Oc2ccccc2)c1)O3. The molecule has 7 heteroatoms. The van der Waals surface area contributed by atoms with Gasteiger partial charge in [-0.1, -0.05) is 37.3 Å². The molecule has 33 heavy (non-hydrogen) atoms. The minimum absolute atomic E-state index is 0.267. The molecule has 0 spiro atoms. The van der Waals surface area contributed by atoms with E-state index in [0.717, 1.165) is 6.42 Å². The van der Waals surface area contributed by atoms with Crippen LogP contribution in [0.1, 0.15) is 37.9 Å². The van der Waals surface area contributed by atoms with Crippen LogP contribution in [-0.4, -0.2) is 11.7 Å². The third kappa shape index (κ3) is 2.72. The Balaban J connectivity index is 1.64. The maximum absolute atomic E-state index is 10.4. The molecule has 3 aliphatic rings. The summed E-state index contributed by atoms with van der Waals surface area (Å²) < 4.78 is 18.4. The lowest BCUT2D eigenvalue weighted by molar-refractivity contribution is -0.298. The maximum atomic E-state index is 10.4. The highest BCUT2D eigenvalue weighted by Gasteiger charge is 2.80. The molecule has 1 aliphatic carbocycles. The van der Waals surface area contributed by atoms with Crippen LogP contribution in [0.4, 0.5) is 0 Å². The number of nitrogens with zero attached hydrogens (tertiary/aromatic N) is 3. The van der Waals surface area contributed by atoms with Crippen LogP contribution in [0.2, 0.25) is 0 Å². The molecule has 0 amide bonds. The molecule has 5 atom stereocenters. The van der Waals surface area contributed by atoms with E-state index >= 15 is 0 Å². The highest BCUT2D eigenvalue weighted by molar-refractivity contribution is 5.89. The van der Waals surface area contributed by atoms with Gasteiger partial charge >= 0.3 is 0 Å². The predicted molar refractivity (Wildman–Crippen MR) is 117 cm³/mol. The number of nitrogens with one attached hydrogen (secondary N) is 1. The Bertz CT molecular complexity index is 1230. The Kier molecular flexibility index (Phi) is 4.67. The van der Waals surface area contributed by atoms with E-state index in [4.69, 9.17) is 19.6 Å². The molecule has 1 N–H and O–H groups in total. The molecule has 0 radical (unpaired) electrons. The van der Waals surface area contributed by atoms with E-state index in [2.05, 4.69) is 25.1 Å². The Morgan fingerprint density at radius 1 is 1.00 bits per heavy atom. The zero-order valence-electron chi connectivity index (χ0n) is 18.1. The van der Waals surface area contributed by atoms with Gasteiger partial charge in [0.25, 0.3) is 0 Å². The van der Waals surface area contributed by atoms with E-state index in [1.54, 1.807) is 24.3 Å². The molecule has 5 rings (SSSR count). The van der Waals surface area contributed by atoms with Gasteiger partial charge in [0.15, 0.2) is 5.41 Å². The summed E-state index contributed by atoms with van der Waals surface area (Å²) in [7, 11) is 0. The minimum Gasteiger partial charge on any atom is -0.457 e. The fourth-order valence-corrected chi connectivity index (χ4v) is 5.69. The van der Waals surface area contributed by atoms with Crippen molar-refractivity contribution in [2.45, 2.75) is 38.1 Å². The maximum Gasteiger partial charge on any atom is 0.217 e. The Morgan fingerprint density at radius 3 is 2.42 bits per heavy atom. The van der Waals surface area contributed by atoms with Crippen molar-refractivity contribution in [1.29, 1.82) is 21.2 Å². The van der Waals surface area contributed by atoms with Crippen LogP contribution in [0.25, 0.3) is 0 Å². The topological polar surface area (TPSA) is 123 Å². The zero-order valence-corrected chi connectivity index (χ0v) is 18.1. The lowest BCUT2D eigenvalue weighted by atomic mass is 9.50. The lowest BCUT2D eigenvalue weighted by Gasteiger charge is -2.52. The van der Waals surface area contributed by atoms with Crippen molar-refractivity contribution in [3.05, 3.63) is 60.2 Å². The fraction of sp³-hybridized carbons (Fsp3) is 0.385. The molecule has 7 nitrogen and oxygen atoms in total. The average molecular weight is 438 g/mol. The molecule has 2 bridgehead atoms. The second kappa shape index (κ2) is 7.34. The van der Waals surface area contributed by atoms with E-state index in [-0.39, 0.29) is 11.8 Å². The second-order valence-electron chi connectivity index (χ2n) is 9.11. The van der Waals surface area contributed by atoms with Gasteiger partial charge in [-0.3, -0.25) is 5.41 Å². The summed E-state index contributed by atoms with van der Waals surface area (Å²) in [4.78, 5) is 0. The van der Waals surface area contributed by atoms with E-state index in [9.17, 15) is 15.8 Å². The largest absolute Gasteiger partial charge is 0.457 e. The molecule has 2 saturated heterocycles. The second-order valence-corrected chi connectivity index (χ2v) is 9.11. The molecule has 164 valence electrons. The molecule has 2 aromatic rings. The summed E-state index contributed by atoms with van der Waals surface area (Å²) in [5.74, 6) is -0.680. The summed E-state index contributed by atoms with van der Waals surface area (Å²) in [6.45, 7) is 2.07. The average Bonchev–Trinajstić information content (AvgIpc) is 3.03. The summed E-state index contributed by atoms with van der Waals surface area (Å²) in [5, 5.41) is 39.8. The minimum atomic E-state index is -1.95. The quantitative estimate of drug-likeness (QED) is 0.699. The van der Waals surface area contributed by atoms with Crippen molar-refractivity contribution in [1.82, 2.24) is 0 Å². The molecular weight excluding hydrogens is 416 g/mol. The molecule has 3 fully saturated rings. The van der Waals surface area contributed by atoms with Crippen molar-refractivity contribution in [2.24, 2.45) is 22.7 Å². The molecule has 1 saturated carbocycles. The number of nitriles is 3. The molecular formula is C26H22N4O3. The standard InChI is InChI=1S/C26H22N4O3/c1-17-10-11-26-21(12-17)25(16-29,23(30)33-26)24(14-27,15-28)22(32-26)18-6-5-9-20(13-18)31-19-7-3-2-4-8-19/h2-9,13,17,21-22,30H,10-12H2,1H3. The summed E-state index contributed by atoms with van der Waals surface area (Å²) in [6.07, 6.45) is 0.763. The van der Waals surface area contributed by atoms with Gasteiger partial charge in [-0.25, -0.2) is 0 Å². The number of rotatable bonds is 3. The first-order valence-electron chi connectivity index (χ1n) is 11.0. The van der Waals surface area contributed by atoms with Gasteiger partial charge in [0.2, 0.25) is 17.1 Å². The van der Waals surface area contributed by atoms with Crippen LogP contribution in [0.5, 0.6) is 11.5 Å². The van der Waals surface area contributed by atoms with Gasteiger partial charge in [-0.15, -0.1) is 0 Å². The van der Waals surface area contributed by atoms with Crippen molar-refractivity contribution < 1.29 is 14.2 Å². The zero-order chi connectivity index (χ0) is 23.3. The van der Waals surface area contributed by atoms with E-state index in [1.807, 2.05) is 30.3 Å². The van der Waals surface area contributed by atoms with Gasteiger partial charge in [0.1, 0.15) is 17.6 Å². The van der Waals surface area contributed by atoms with Gasteiger partial charge in [0.05, 0.1) is 24.1 Å². The predicted octanol–water partition coefficient (Wildman–Crippen LogP) is 5.23. The molecule has 2 heterocycles. The lowest BCUT2D eigenvalue weighted by Crippen LogP contribution is -2.60. The van der Waals surface area contributed by atoms with E-state index < -0.39 is 28.6 Å². The number of benzene rings is 2. The molecule has 2 aliphatic heterocycles. The fourth-order valence-electron chi connectivity index (χ4n) is 5.69. The third-order valence-corrected chi connectivity index (χ3v) is 7.31. The Labute approximate surface area is 192 Å². The summed E-state index contributed by atoms with van der Waals surface area (Å²) in [6, 6.07) is 22.7. The molecule has 2 aromatic carbocycles. The first-order valence-corrected chi connectivity index (χ1v) is 11.0. The number of ether oxygens (including phenoxy) is 3. The van der Waals surface area contributed by atoms with Crippen molar-refractivity contribution in [3.63, 3.8) is 0 Å². The summed E-state index contributed by atoms with van der Waals surface area (Å²) >= 11 is 0. The Morgan fingerprint density at radius 2 is 1.73 bits per heavy atom. The highest BCUT2D eigenvalue weighted by atomic mass is 16.7. The van der Waals surface area contributed by atoms with Gasteiger partial charge in [-0.2, -0.15) is 15.8 Å². The van der Waals surface area contributed by atoms with Crippen LogP contribution in [0.15, 0.2) is 54.6 Å². The first kappa shape index (κ1) is 21.0. The summed E-state index contributed by atoms with van der Waals surface area (Å²) in [5.41, 5.74) is -3.14. The van der Waals surface area contributed by atoms with Gasteiger partial charge in [-0.05, 0) is 48.6 Å².